The highest BCUT2D eigenvalue weighted by molar-refractivity contribution is 6.46. The smallest absolute Gasteiger partial charge is 0.282 e. The monoisotopic (exact) mass is 418 g/mol. The van der Waals surface area contributed by atoms with Crippen molar-refractivity contribution in [2.24, 2.45) is 0 Å². The Morgan fingerprint density at radius 2 is 1.53 bits per heavy atom. The summed E-state index contributed by atoms with van der Waals surface area (Å²) in [5.74, 6) is -0.0750. The van der Waals surface area contributed by atoms with Gasteiger partial charge in [-0.1, -0.05) is 41.9 Å². The summed E-state index contributed by atoms with van der Waals surface area (Å²) in [6, 6.07) is 23.0. The third-order valence-corrected chi connectivity index (χ3v) is 4.92. The predicted octanol–water partition coefficient (Wildman–Crippen LogP) is 5.14. The summed E-state index contributed by atoms with van der Waals surface area (Å²) in [7, 11) is 0. The maximum atomic E-state index is 13.3. The molecule has 0 aliphatic carbocycles. The third kappa shape index (κ3) is 3.80. The van der Waals surface area contributed by atoms with Crippen molar-refractivity contribution in [3.05, 3.63) is 95.1 Å². The van der Waals surface area contributed by atoms with Crippen LogP contribution in [-0.2, 0) is 9.59 Å². The van der Waals surface area contributed by atoms with Gasteiger partial charge in [0.15, 0.2) is 0 Å². The quantitative estimate of drug-likeness (QED) is 0.563. The number of anilines is 2. The number of halogens is 1. The second-order valence-electron chi connectivity index (χ2n) is 6.62. The van der Waals surface area contributed by atoms with Crippen LogP contribution in [0.25, 0.3) is 5.57 Å². The first-order valence-electron chi connectivity index (χ1n) is 9.52. The van der Waals surface area contributed by atoms with Crippen LogP contribution in [0.3, 0.4) is 0 Å². The van der Waals surface area contributed by atoms with E-state index in [9.17, 15) is 9.59 Å². The summed E-state index contributed by atoms with van der Waals surface area (Å²) in [5, 5.41) is 3.67. The molecular formula is C24H19ClN2O3. The summed E-state index contributed by atoms with van der Waals surface area (Å²) in [4.78, 5) is 27.7. The molecule has 2 amide bonds. The van der Waals surface area contributed by atoms with Gasteiger partial charge in [-0.3, -0.25) is 9.59 Å². The number of nitrogens with one attached hydrogen (secondary N) is 1. The molecule has 0 saturated carbocycles. The molecule has 6 heteroatoms. The minimum atomic E-state index is -0.421. The van der Waals surface area contributed by atoms with Crippen LogP contribution < -0.4 is 15.0 Å². The lowest BCUT2D eigenvalue weighted by Crippen LogP contribution is -2.32. The number of amides is 2. The number of ether oxygens (including phenoxy) is 1. The Kier molecular flexibility index (Phi) is 5.55. The molecule has 0 spiro atoms. The Morgan fingerprint density at radius 3 is 2.17 bits per heavy atom. The van der Waals surface area contributed by atoms with Gasteiger partial charge in [0.1, 0.15) is 11.4 Å². The highest BCUT2D eigenvalue weighted by Crippen LogP contribution is 2.34. The molecule has 5 nitrogen and oxygen atoms in total. The van der Waals surface area contributed by atoms with E-state index in [1.807, 2.05) is 61.5 Å². The highest BCUT2D eigenvalue weighted by Gasteiger charge is 2.40. The molecule has 150 valence electrons. The number of rotatable bonds is 6. The summed E-state index contributed by atoms with van der Waals surface area (Å²) in [6.45, 7) is 2.48. The van der Waals surface area contributed by atoms with Crippen molar-refractivity contribution in [1.82, 2.24) is 0 Å². The minimum Gasteiger partial charge on any atom is -0.494 e. The van der Waals surface area contributed by atoms with Crippen LogP contribution in [0, 0.1) is 0 Å². The van der Waals surface area contributed by atoms with Crippen molar-refractivity contribution >= 4 is 40.4 Å². The molecule has 0 bridgehead atoms. The summed E-state index contributed by atoms with van der Waals surface area (Å²) in [6.07, 6.45) is 0. The number of benzene rings is 3. The molecule has 0 saturated heterocycles. The number of carbonyl (C=O) groups is 2. The number of hydrogen-bond donors (Lipinski definition) is 1. The topological polar surface area (TPSA) is 58.6 Å². The Labute approximate surface area is 179 Å². The Bertz CT molecular complexity index is 1110. The van der Waals surface area contributed by atoms with Crippen LogP contribution >= 0.6 is 11.6 Å². The van der Waals surface area contributed by atoms with E-state index in [0.717, 1.165) is 10.6 Å². The lowest BCUT2D eigenvalue weighted by Gasteiger charge is -2.15. The van der Waals surface area contributed by atoms with Crippen molar-refractivity contribution in [3.63, 3.8) is 0 Å². The van der Waals surface area contributed by atoms with E-state index in [0.29, 0.717) is 34.1 Å². The normalized spacial score (nSPS) is 13.7. The summed E-state index contributed by atoms with van der Waals surface area (Å²) in [5.41, 5.74) is 2.36. The summed E-state index contributed by atoms with van der Waals surface area (Å²) < 4.78 is 5.46. The molecular weight excluding hydrogens is 400 g/mol. The van der Waals surface area contributed by atoms with Crippen LogP contribution in [0.1, 0.15) is 12.5 Å². The van der Waals surface area contributed by atoms with E-state index in [2.05, 4.69) is 5.32 Å². The van der Waals surface area contributed by atoms with E-state index in [4.69, 9.17) is 16.3 Å². The zero-order valence-corrected chi connectivity index (χ0v) is 17.0. The highest BCUT2D eigenvalue weighted by atomic mass is 35.5. The van der Waals surface area contributed by atoms with Gasteiger partial charge in [-0.2, -0.15) is 0 Å². The standard InChI is InChI=1S/C24H19ClN2O3/c1-2-30-20-14-10-18(11-15-20)26-22-21(16-6-4-3-5-7-16)23(28)27(24(22)29)19-12-8-17(25)9-13-19/h3-15,26H,2H2,1H3. The molecule has 1 N–H and O–H groups in total. The molecule has 3 aromatic rings. The summed E-state index contributed by atoms with van der Waals surface area (Å²) >= 11 is 5.97. The average molecular weight is 419 g/mol. The molecule has 1 aliphatic heterocycles. The van der Waals surface area contributed by atoms with E-state index < -0.39 is 5.91 Å². The largest absolute Gasteiger partial charge is 0.494 e. The zero-order chi connectivity index (χ0) is 21.1. The second-order valence-corrected chi connectivity index (χ2v) is 7.06. The van der Waals surface area contributed by atoms with E-state index in [1.165, 1.54) is 0 Å². The number of carbonyl (C=O) groups excluding carboxylic acids is 2. The maximum absolute atomic E-state index is 13.3. The first-order chi connectivity index (χ1) is 14.6. The average Bonchev–Trinajstić information content (AvgIpc) is 3.00. The fourth-order valence-electron chi connectivity index (χ4n) is 3.29. The predicted molar refractivity (Wildman–Crippen MR) is 119 cm³/mol. The van der Waals surface area contributed by atoms with Crippen molar-refractivity contribution in [2.45, 2.75) is 6.92 Å². The van der Waals surface area contributed by atoms with Crippen LogP contribution in [0.5, 0.6) is 5.75 Å². The third-order valence-electron chi connectivity index (χ3n) is 4.67. The van der Waals surface area contributed by atoms with E-state index in [-0.39, 0.29) is 11.6 Å². The van der Waals surface area contributed by atoms with Gasteiger partial charge in [0.2, 0.25) is 0 Å². The van der Waals surface area contributed by atoms with Crippen molar-refractivity contribution in [3.8, 4) is 5.75 Å². The fraction of sp³-hybridized carbons (Fsp3) is 0.0833. The van der Waals surface area contributed by atoms with E-state index >= 15 is 0 Å². The minimum absolute atomic E-state index is 0.227. The molecule has 0 unspecified atom stereocenters. The van der Waals surface area contributed by atoms with Crippen LogP contribution in [0.4, 0.5) is 11.4 Å². The number of nitrogens with zero attached hydrogens (tertiary/aromatic N) is 1. The molecule has 1 aliphatic rings. The molecule has 1 heterocycles. The molecule has 0 aromatic heterocycles. The number of hydrogen-bond acceptors (Lipinski definition) is 4. The van der Waals surface area contributed by atoms with Crippen LogP contribution in [0.2, 0.25) is 5.02 Å². The number of imide groups is 1. The van der Waals surface area contributed by atoms with Gasteiger partial charge in [-0.05, 0) is 61.0 Å². The Morgan fingerprint density at radius 1 is 0.867 bits per heavy atom. The van der Waals surface area contributed by atoms with Gasteiger partial charge in [-0.15, -0.1) is 0 Å². The van der Waals surface area contributed by atoms with Gasteiger partial charge >= 0.3 is 0 Å². The SMILES string of the molecule is CCOc1ccc(NC2=C(c3ccccc3)C(=O)N(c3ccc(Cl)cc3)C2=O)cc1. The maximum Gasteiger partial charge on any atom is 0.282 e. The molecule has 0 atom stereocenters. The van der Waals surface area contributed by atoms with Gasteiger partial charge in [0, 0.05) is 10.7 Å². The lowest BCUT2D eigenvalue weighted by atomic mass is 10.0. The van der Waals surface area contributed by atoms with Crippen LogP contribution in [0.15, 0.2) is 84.6 Å². The second kappa shape index (κ2) is 8.43. The Balaban J connectivity index is 1.74. The van der Waals surface area contributed by atoms with Gasteiger partial charge in [0.25, 0.3) is 11.8 Å². The first kappa shape index (κ1) is 19.7. The van der Waals surface area contributed by atoms with Crippen molar-refractivity contribution in [1.29, 1.82) is 0 Å². The molecule has 3 aromatic carbocycles. The molecule has 0 radical (unpaired) electrons. The zero-order valence-electron chi connectivity index (χ0n) is 16.3. The first-order valence-corrected chi connectivity index (χ1v) is 9.90. The Hall–Kier alpha value is -3.57. The molecule has 0 fully saturated rings. The fourth-order valence-corrected chi connectivity index (χ4v) is 3.41. The van der Waals surface area contributed by atoms with Crippen molar-refractivity contribution < 1.29 is 14.3 Å². The molecule has 30 heavy (non-hydrogen) atoms. The van der Waals surface area contributed by atoms with Crippen LogP contribution in [-0.4, -0.2) is 18.4 Å². The lowest BCUT2D eigenvalue weighted by molar-refractivity contribution is -0.120. The molecule has 4 rings (SSSR count). The van der Waals surface area contributed by atoms with Crippen molar-refractivity contribution in [2.75, 3.05) is 16.8 Å². The van der Waals surface area contributed by atoms with Gasteiger partial charge in [0.05, 0.1) is 17.9 Å². The van der Waals surface area contributed by atoms with Gasteiger partial charge < -0.3 is 10.1 Å². The van der Waals surface area contributed by atoms with Gasteiger partial charge in [-0.25, -0.2) is 4.90 Å². The van der Waals surface area contributed by atoms with E-state index in [1.54, 1.807) is 24.3 Å².